The van der Waals surface area contributed by atoms with Gasteiger partial charge in [-0.2, -0.15) is 0 Å². The number of nitrogens with one attached hydrogen (secondary N) is 1. The van der Waals surface area contributed by atoms with Gasteiger partial charge in [0.15, 0.2) is 0 Å². The third-order valence-electron chi connectivity index (χ3n) is 5.00. The van der Waals surface area contributed by atoms with Crippen LogP contribution in [0, 0.1) is 0 Å². The maximum atomic E-state index is 3.80. The Labute approximate surface area is 127 Å². The number of hydrogen-bond acceptors (Lipinski definition) is 3. The van der Waals surface area contributed by atoms with Crippen LogP contribution in [0.3, 0.4) is 0 Å². The van der Waals surface area contributed by atoms with Gasteiger partial charge in [-0.25, -0.2) is 0 Å². The molecule has 0 aromatic carbocycles. The third kappa shape index (κ3) is 4.71. The minimum absolute atomic E-state index is 0.660. The lowest BCUT2D eigenvalue weighted by molar-refractivity contribution is 0.0202. The molecule has 0 bridgehead atoms. The van der Waals surface area contributed by atoms with E-state index in [0.29, 0.717) is 24.2 Å². The summed E-state index contributed by atoms with van der Waals surface area (Å²) in [5.74, 6) is 0. The highest BCUT2D eigenvalue weighted by Crippen LogP contribution is 2.21. The normalized spacial score (nSPS) is 28.5. The van der Waals surface area contributed by atoms with Crippen molar-refractivity contribution < 1.29 is 0 Å². The molecule has 1 rings (SSSR count). The van der Waals surface area contributed by atoms with Gasteiger partial charge < -0.3 is 5.32 Å². The van der Waals surface area contributed by atoms with Gasteiger partial charge in [-0.1, -0.05) is 27.2 Å². The largest absolute Gasteiger partial charge is 0.312 e. The van der Waals surface area contributed by atoms with Gasteiger partial charge in [0, 0.05) is 37.3 Å². The van der Waals surface area contributed by atoms with E-state index in [1.807, 2.05) is 0 Å². The van der Waals surface area contributed by atoms with E-state index in [0.717, 1.165) is 6.54 Å². The van der Waals surface area contributed by atoms with Gasteiger partial charge in [-0.05, 0) is 46.7 Å². The summed E-state index contributed by atoms with van der Waals surface area (Å²) in [6, 6.07) is 2.69. The van der Waals surface area contributed by atoms with E-state index in [-0.39, 0.29) is 0 Å². The van der Waals surface area contributed by atoms with Crippen LogP contribution in [0.1, 0.15) is 60.3 Å². The first-order valence-corrected chi connectivity index (χ1v) is 8.74. The zero-order chi connectivity index (χ0) is 15.1. The third-order valence-corrected chi connectivity index (χ3v) is 5.00. The molecule has 4 unspecified atom stereocenters. The first-order valence-electron chi connectivity index (χ1n) is 8.74. The fourth-order valence-electron chi connectivity index (χ4n) is 3.58. The Kier molecular flexibility index (Phi) is 8.08. The van der Waals surface area contributed by atoms with Crippen molar-refractivity contribution in [3.63, 3.8) is 0 Å². The van der Waals surface area contributed by atoms with Crippen LogP contribution in [0.2, 0.25) is 0 Å². The number of nitrogens with zero attached hydrogens (tertiary/aromatic N) is 2. The van der Waals surface area contributed by atoms with Gasteiger partial charge in [0.25, 0.3) is 0 Å². The summed E-state index contributed by atoms with van der Waals surface area (Å²) < 4.78 is 0. The molecule has 1 aliphatic heterocycles. The number of piperazine rings is 1. The molecule has 1 heterocycles. The quantitative estimate of drug-likeness (QED) is 0.739. The Hall–Kier alpha value is -0.120. The van der Waals surface area contributed by atoms with Crippen LogP contribution in [0.5, 0.6) is 0 Å². The Morgan fingerprint density at radius 3 is 2.10 bits per heavy atom. The topological polar surface area (TPSA) is 18.5 Å². The monoisotopic (exact) mass is 283 g/mol. The number of likely N-dealkylation sites (N-methyl/N-ethyl adjacent to an activating group) is 1. The van der Waals surface area contributed by atoms with Crippen LogP contribution in [-0.4, -0.2) is 60.6 Å². The summed E-state index contributed by atoms with van der Waals surface area (Å²) in [4.78, 5) is 5.27. The van der Waals surface area contributed by atoms with E-state index >= 15 is 0 Å². The maximum absolute atomic E-state index is 3.80. The van der Waals surface area contributed by atoms with Crippen molar-refractivity contribution >= 4 is 0 Å². The van der Waals surface area contributed by atoms with E-state index < -0.39 is 0 Å². The molecule has 1 fully saturated rings. The summed E-state index contributed by atoms with van der Waals surface area (Å²) in [6.45, 7) is 15.2. The van der Waals surface area contributed by atoms with Crippen LogP contribution >= 0.6 is 0 Å². The molecule has 4 atom stereocenters. The fraction of sp³-hybridized carbons (Fsp3) is 1.00. The van der Waals surface area contributed by atoms with Crippen LogP contribution in [0.15, 0.2) is 0 Å². The van der Waals surface area contributed by atoms with Crippen molar-refractivity contribution in [2.45, 2.75) is 84.5 Å². The Morgan fingerprint density at radius 2 is 1.65 bits per heavy atom. The molecule has 3 nitrogen and oxygen atoms in total. The SMILES string of the molecule is CCCNC(CCC)C(CC)N1CC(C)N(C)C(C)C1. The lowest BCUT2D eigenvalue weighted by Crippen LogP contribution is -2.61. The van der Waals surface area contributed by atoms with Crippen molar-refractivity contribution in [1.82, 2.24) is 15.1 Å². The van der Waals surface area contributed by atoms with E-state index in [9.17, 15) is 0 Å². The van der Waals surface area contributed by atoms with Crippen LogP contribution in [0.25, 0.3) is 0 Å². The number of hydrogen-bond donors (Lipinski definition) is 1. The highest BCUT2D eigenvalue weighted by Gasteiger charge is 2.33. The Morgan fingerprint density at radius 1 is 1.05 bits per heavy atom. The second kappa shape index (κ2) is 9.01. The summed E-state index contributed by atoms with van der Waals surface area (Å²) >= 11 is 0. The van der Waals surface area contributed by atoms with E-state index in [4.69, 9.17) is 0 Å². The van der Waals surface area contributed by atoms with Crippen LogP contribution in [-0.2, 0) is 0 Å². The minimum atomic E-state index is 0.660. The average Bonchev–Trinajstić information content (AvgIpc) is 2.42. The fourth-order valence-corrected chi connectivity index (χ4v) is 3.58. The van der Waals surface area contributed by atoms with Crippen LogP contribution < -0.4 is 5.32 Å². The molecule has 3 heteroatoms. The molecule has 0 aromatic heterocycles. The molecular weight excluding hydrogens is 246 g/mol. The zero-order valence-corrected chi connectivity index (χ0v) is 14.7. The van der Waals surface area contributed by atoms with E-state index in [2.05, 4.69) is 56.8 Å². The number of rotatable bonds is 8. The lowest BCUT2D eigenvalue weighted by Gasteiger charge is -2.47. The molecule has 0 amide bonds. The highest BCUT2D eigenvalue weighted by molar-refractivity contribution is 4.91. The predicted octanol–water partition coefficient (Wildman–Crippen LogP) is 2.96. The van der Waals surface area contributed by atoms with Crippen molar-refractivity contribution in [1.29, 1.82) is 0 Å². The summed E-state index contributed by atoms with van der Waals surface area (Å²) in [5.41, 5.74) is 0. The molecule has 0 aromatic rings. The lowest BCUT2D eigenvalue weighted by atomic mass is 9.96. The van der Waals surface area contributed by atoms with E-state index in [1.54, 1.807) is 0 Å². The maximum Gasteiger partial charge on any atom is 0.0248 e. The molecule has 120 valence electrons. The van der Waals surface area contributed by atoms with Crippen molar-refractivity contribution in [2.24, 2.45) is 0 Å². The molecule has 1 N–H and O–H groups in total. The molecule has 20 heavy (non-hydrogen) atoms. The molecule has 1 aliphatic rings. The van der Waals surface area contributed by atoms with Crippen molar-refractivity contribution in [3.05, 3.63) is 0 Å². The molecule has 0 aliphatic carbocycles. The summed E-state index contributed by atoms with van der Waals surface area (Å²) in [5, 5.41) is 3.80. The highest BCUT2D eigenvalue weighted by atomic mass is 15.3. The minimum Gasteiger partial charge on any atom is -0.312 e. The zero-order valence-electron chi connectivity index (χ0n) is 14.7. The molecule has 0 radical (unpaired) electrons. The van der Waals surface area contributed by atoms with Gasteiger partial charge in [0.05, 0.1) is 0 Å². The predicted molar refractivity (Wildman–Crippen MR) is 89.3 cm³/mol. The summed E-state index contributed by atoms with van der Waals surface area (Å²) in [6.07, 6.45) is 5.06. The van der Waals surface area contributed by atoms with Crippen molar-refractivity contribution in [2.75, 3.05) is 26.7 Å². The Balaban J connectivity index is 2.70. The second-order valence-electron chi connectivity index (χ2n) is 6.64. The first-order chi connectivity index (χ1) is 9.54. The second-order valence-corrected chi connectivity index (χ2v) is 6.64. The van der Waals surface area contributed by atoms with Gasteiger partial charge in [-0.15, -0.1) is 0 Å². The molecule has 1 saturated heterocycles. The first kappa shape index (κ1) is 17.9. The Bertz CT molecular complexity index is 245. The van der Waals surface area contributed by atoms with Gasteiger partial charge in [0.2, 0.25) is 0 Å². The summed E-state index contributed by atoms with van der Waals surface area (Å²) in [7, 11) is 2.27. The van der Waals surface area contributed by atoms with Crippen molar-refractivity contribution in [3.8, 4) is 0 Å². The van der Waals surface area contributed by atoms with Gasteiger partial charge in [0.1, 0.15) is 0 Å². The standard InChI is InChI=1S/C17H37N3/c1-7-10-16(18-11-8-2)17(9-3)20-12-14(4)19(6)15(5)13-20/h14-18H,7-13H2,1-6H3. The smallest absolute Gasteiger partial charge is 0.0248 e. The van der Waals surface area contributed by atoms with Crippen LogP contribution in [0.4, 0.5) is 0 Å². The average molecular weight is 284 g/mol. The molecule has 0 saturated carbocycles. The van der Waals surface area contributed by atoms with Gasteiger partial charge in [-0.3, -0.25) is 9.80 Å². The van der Waals surface area contributed by atoms with Gasteiger partial charge >= 0.3 is 0 Å². The van der Waals surface area contributed by atoms with E-state index in [1.165, 1.54) is 38.8 Å². The molecular formula is C17H37N3. The molecule has 0 spiro atoms.